The Bertz CT molecular complexity index is 1580. The standard InChI is InChI=1S/C34H36N4O4S/c1-25-21-31(33(39)37-16-15-36(34(40)41)24-30(37)22-26-9-4-2-5-10-26)32(27-11-6-3-7-12-27)38(25)29-14-8-13-28(23-29)35-17-19-43(42)20-18-35/h2-14,21,23,30H,15-20,22,24H2,1H3,(H,40,41)/t30-/m1/s1. The summed E-state index contributed by atoms with van der Waals surface area (Å²) in [5.74, 6) is 1.24. The summed E-state index contributed by atoms with van der Waals surface area (Å²) >= 11 is -0.759. The number of carbonyl (C=O) groups is 2. The smallest absolute Gasteiger partial charge is 0.407 e. The fourth-order valence-electron chi connectivity index (χ4n) is 6.25. The maximum absolute atomic E-state index is 14.5. The molecular formula is C34H36N4O4S. The first-order chi connectivity index (χ1) is 20.9. The zero-order valence-corrected chi connectivity index (χ0v) is 25.1. The number of anilines is 1. The van der Waals surface area contributed by atoms with Crippen molar-refractivity contribution in [2.75, 3.05) is 49.1 Å². The van der Waals surface area contributed by atoms with Crippen LogP contribution in [0.2, 0.25) is 0 Å². The predicted octanol–water partition coefficient (Wildman–Crippen LogP) is 5.07. The Kier molecular flexibility index (Phi) is 8.44. The van der Waals surface area contributed by atoms with Gasteiger partial charge >= 0.3 is 6.09 Å². The van der Waals surface area contributed by atoms with Gasteiger partial charge in [-0.15, -0.1) is 0 Å². The van der Waals surface area contributed by atoms with Crippen LogP contribution in [-0.2, 0) is 17.6 Å². The SMILES string of the molecule is Cc1cc(C(=O)N2CCN(C(=O)O)C[C@H]2Cc2ccccc2)c(-c2ccccc2)n1-c1cccc(N2CC[S+]([O-])CC2)c1. The molecule has 3 aromatic carbocycles. The van der Waals surface area contributed by atoms with Crippen LogP contribution in [0.5, 0.6) is 0 Å². The van der Waals surface area contributed by atoms with Crippen LogP contribution in [0.25, 0.3) is 16.9 Å². The summed E-state index contributed by atoms with van der Waals surface area (Å²) in [7, 11) is 0. The maximum atomic E-state index is 14.5. The van der Waals surface area contributed by atoms with Crippen LogP contribution < -0.4 is 4.90 Å². The fourth-order valence-corrected chi connectivity index (χ4v) is 7.30. The summed E-state index contributed by atoms with van der Waals surface area (Å²) in [6, 6.07) is 29.9. The highest BCUT2D eigenvalue weighted by atomic mass is 32.2. The van der Waals surface area contributed by atoms with Crippen molar-refractivity contribution in [2.45, 2.75) is 19.4 Å². The van der Waals surface area contributed by atoms with Crippen molar-refractivity contribution < 1.29 is 19.2 Å². The van der Waals surface area contributed by atoms with Crippen LogP contribution >= 0.6 is 0 Å². The molecule has 2 aliphatic heterocycles. The summed E-state index contributed by atoms with van der Waals surface area (Å²) in [6.45, 7) is 4.38. The number of benzene rings is 3. The summed E-state index contributed by atoms with van der Waals surface area (Å²) in [4.78, 5) is 32.0. The molecule has 4 aromatic rings. The van der Waals surface area contributed by atoms with Crippen molar-refractivity contribution in [3.8, 4) is 16.9 Å². The Morgan fingerprint density at radius 1 is 0.860 bits per heavy atom. The zero-order chi connectivity index (χ0) is 29.9. The van der Waals surface area contributed by atoms with Gasteiger partial charge in [-0.3, -0.25) is 4.79 Å². The molecule has 43 heavy (non-hydrogen) atoms. The Labute approximate surface area is 255 Å². The minimum atomic E-state index is -0.961. The highest BCUT2D eigenvalue weighted by Crippen LogP contribution is 2.34. The lowest BCUT2D eigenvalue weighted by molar-refractivity contribution is 0.0451. The van der Waals surface area contributed by atoms with Crippen molar-refractivity contribution in [3.63, 3.8) is 0 Å². The topological polar surface area (TPSA) is 92.1 Å². The molecule has 222 valence electrons. The molecule has 8 nitrogen and oxygen atoms in total. The van der Waals surface area contributed by atoms with Crippen molar-refractivity contribution in [1.82, 2.24) is 14.4 Å². The summed E-state index contributed by atoms with van der Waals surface area (Å²) in [6.07, 6.45) is -0.392. The fraction of sp³-hybridized carbons (Fsp3) is 0.294. The number of carboxylic acid groups (broad SMARTS) is 1. The number of rotatable bonds is 6. The van der Waals surface area contributed by atoms with Crippen molar-refractivity contribution in [3.05, 3.63) is 108 Å². The molecule has 2 aliphatic rings. The highest BCUT2D eigenvalue weighted by molar-refractivity contribution is 7.91. The first kappa shape index (κ1) is 28.9. The lowest BCUT2D eigenvalue weighted by atomic mass is 10.00. The molecule has 3 heterocycles. The molecule has 0 spiro atoms. The van der Waals surface area contributed by atoms with Crippen LogP contribution in [0.3, 0.4) is 0 Å². The Morgan fingerprint density at radius 2 is 1.53 bits per heavy atom. The lowest BCUT2D eigenvalue weighted by Crippen LogP contribution is -2.57. The number of hydrogen-bond acceptors (Lipinski definition) is 4. The number of carbonyl (C=O) groups excluding carboxylic acids is 1. The van der Waals surface area contributed by atoms with E-state index in [4.69, 9.17) is 0 Å². The molecule has 1 N–H and O–H groups in total. The van der Waals surface area contributed by atoms with Gasteiger partial charge in [0.25, 0.3) is 5.91 Å². The van der Waals surface area contributed by atoms with Crippen LogP contribution in [0.1, 0.15) is 21.6 Å². The van der Waals surface area contributed by atoms with Gasteiger partial charge in [0, 0.05) is 36.7 Å². The summed E-state index contributed by atoms with van der Waals surface area (Å²) < 4.78 is 14.1. The molecule has 0 saturated carbocycles. The van der Waals surface area contributed by atoms with E-state index in [0.717, 1.165) is 47.0 Å². The summed E-state index contributed by atoms with van der Waals surface area (Å²) in [5, 5.41) is 9.75. The second-order valence-electron chi connectivity index (χ2n) is 11.2. The van der Waals surface area contributed by atoms with Gasteiger partial charge in [-0.1, -0.05) is 77.9 Å². The minimum absolute atomic E-state index is 0.0960. The molecule has 1 aromatic heterocycles. The van der Waals surface area contributed by atoms with Crippen LogP contribution in [0.15, 0.2) is 91.0 Å². The van der Waals surface area contributed by atoms with Gasteiger partial charge in [-0.25, -0.2) is 4.79 Å². The van der Waals surface area contributed by atoms with E-state index in [1.165, 1.54) is 4.90 Å². The van der Waals surface area contributed by atoms with Crippen LogP contribution in [0.4, 0.5) is 10.5 Å². The Morgan fingerprint density at radius 3 is 2.23 bits per heavy atom. The van der Waals surface area contributed by atoms with E-state index in [1.807, 2.05) is 84.6 Å². The molecule has 9 heteroatoms. The van der Waals surface area contributed by atoms with E-state index in [-0.39, 0.29) is 25.0 Å². The normalized spacial score (nSPS) is 17.7. The number of amides is 2. The third-order valence-corrected chi connectivity index (χ3v) is 9.70. The third kappa shape index (κ3) is 6.14. The van der Waals surface area contributed by atoms with E-state index in [2.05, 4.69) is 27.7 Å². The molecule has 0 radical (unpaired) electrons. The number of nitrogens with zero attached hydrogens (tertiary/aromatic N) is 4. The van der Waals surface area contributed by atoms with Crippen molar-refractivity contribution in [1.29, 1.82) is 0 Å². The monoisotopic (exact) mass is 596 g/mol. The average molecular weight is 597 g/mol. The lowest BCUT2D eigenvalue weighted by Gasteiger charge is -2.40. The molecule has 0 bridgehead atoms. The Hall–Kier alpha value is -4.21. The average Bonchev–Trinajstić information content (AvgIpc) is 3.39. The van der Waals surface area contributed by atoms with Crippen LogP contribution in [0, 0.1) is 6.92 Å². The van der Waals surface area contributed by atoms with Gasteiger partial charge in [-0.2, -0.15) is 0 Å². The quantitative estimate of drug-likeness (QED) is 0.314. The number of hydrogen-bond donors (Lipinski definition) is 1. The molecule has 6 rings (SSSR count). The number of aromatic nitrogens is 1. The second-order valence-corrected chi connectivity index (χ2v) is 12.9. The zero-order valence-electron chi connectivity index (χ0n) is 24.3. The third-order valence-electron chi connectivity index (χ3n) is 8.42. The maximum Gasteiger partial charge on any atom is 0.407 e. The van der Waals surface area contributed by atoms with Crippen molar-refractivity contribution >= 4 is 28.9 Å². The molecular weight excluding hydrogens is 560 g/mol. The molecule has 0 unspecified atom stereocenters. The highest BCUT2D eigenvalue weighted by Gasteiger charge is 2.35. The van der Waals surface area contributed by atoms with Gasteiger partial charge in [0.15, 0.2) is 0 Å². The van der Waals surface area contributed by atoms with Crippen LogP contribution in [-0.4, -0.2) is 86.3 Å². The summed E-state index contributed by atoms with van der Waals surface area (Å²) in [5.41, 5.74) is 6.37. The van der Waals surface area contributed by atoms with E-state index < -0.39 is 17.3 Å². The molecule has 2 fully saturated rings. The van der Waals surface area contributed by atoms with E-state index in [9.17, 15) is 19.2 Å². The minimum Gasteiger partial charge on any atom is -0.616 e. The van der Waals surface area contributed by atoms with Gasteiger partial charge in [0.05, 0.1) is 30.4 Å². The van der Waals surface area contributed by atoms with E-state index in [1.54, 1.807) is 0 Å². The number of piperazine rings is 1. The van der Waals surface area contributed by atoms with Gasteiger partial charge in [0.1, 0.15) is 11.5 Å². The molecule has 2 saturated heterocycles. The predicted molar refractivity (Wildman–Crippen MR) is 171 cm³/mol. The van der Waals surface area contributed by atoms with Gasteiger partial charge < -0.3 is 28.9 Å². The molecule has 1 atom stereocenters. The van der Waals surface area contributed by atoms with Gasteiger partial charge in [0.2, 0.25) is 0 Å². The second kappa shape index (κ2) is 12.6. The van der Waals surface area contributed by atoms with Crippen molar-refractivity contribution in [2.24, 2.45) is 0 Å². The van der Waals surface area contributed by atoms with E-state index in [0.29, 0.717) is 30.0 Å². The van der Waals surface area contributed by atoms with Gasteiger partial charge in [-0.05, 0) is 48.7 Å². The first-order valence-electron chi connectivity index (χ1n) is 14.7. The van der Waals surface area contributed by atoms with E-state index >= 15 is 0 Å². The Balaban J connectivity index is 1.40. The first-order valence-corrected chi connectivity index (χ1v) is 16.2. The largest absolute Gasteiger partial charge is 0.616 e. The molecule has 2 amide bonds. The molecule has 0 aliphatic carbocycles. The number of aryl methyl sites for hydroxylation is 1.